The number of hydrogen-bond acceptors (Lipinski definition) is 3. The fourth-order valence-corrected chi connectivity index (χ4v) is 2.75. The van der Waals surface area contributed by atoms with Crippen molar-refractivity contribution >= 4 is 0 Å². The molecule has 3 aromatic rings. The van der Waals surface area contributed by atoms with Gasteiger partial charge >= 0.3 is 0 Å². The van der Waals surface area contributed by atoms with E-state index in [2.05, 4.69) is 12.1 Å². The molecular formula is C21H20O3. The van der Waals surface area contributed by atoms with Gasteiger partial charge in [-0.2, -0.15) is 0 Å². The topological polar surface area (TPSA) is 38.7 Å². The summed E-state index contributed by atoms with van der Waals surface area (Å²) in [5.74, 6) is 1.93. The van der Waals surface area contributed by atoms with Gasteiger partial charge in [0.05, 0.1) is 14.2 Å². The molecule has 0 saturated heterocycles. The fourth-order valence-electron chi connectivity index (χ4n) is 2.75. The predicted octanol–water partition coefficient (Wildman–Crippen LogP) is 4.67. The number of methoxy groups -OCH3 is 2. The van der Waals surface area contributed by atoms with Crippen LogP contribution in [0.1, 0.15) is 11.1 Å². The Bertz CT molecular complexity index is 823. The Morgan fingerprint density at radius 1 is 0.792 bits per heavy atom. The summed E-state index contributed by atoms with van der Waals surface area (Å²) < 4.78 is 10.7. The van der Waals surface area contributed by atoms with Crippen LogP contribution in [0, 0.1) is 0 Å². The van der Waals surface area contributed by atoms with Crippen LogP contribution >= 0.6 is 0 Å². The van der Waals surface area contributed by atoms with Gasteiger partial charge in [0.1, 0.15) is 17.2 Å². The Balaban J connectivity index is 2.01. The van der Waals surface area contributed by atoms with Crippen molar-refractivity contribution in [1.29, 1.82) is 0 Å². The second-order valence-corrected chi connectivity index (χ2v) is 5.60. The van der Waals surface area contributed by atoms with Gasteiger partial charge in [-0.15, -0.1) is 0 Å². The van der Waals surface area contributed by atoms with Gasteiger partial charge in [0.15, 0.2) is 0 Å². The highest BCUT2D eigenvalue weighted by Gasteiger charge is 2.09. The zero-order valence-corrected chi connectivity index (χ0v) is 13.8. The highest BCUT2D eigenvalue weighted by atomic mass is 16.5. The summed E-state index contributed by atoms with van der Waals surface area (Å²) in [5, 5.41) is 9.53. The monoisotopic (exact) mass is 320 g/mol. The molecule has 0 bridgehead atoms. The third-order valence-corrected chi connectivity index (χ3v) is 4.02. The van der Waals surface area contributed by atoms with Crippen molar-refractivity contribution in [1.82, 2.24) is 0 Å². The van der Waals surface area contributed by atoms with Crippen LogP contribution in [0.25, 0.3) is 11.1 Å². The lowest BCUT2D eigenvalue weighted by atomic mass is 9.94. The number of hydrogen-bond donors (Lipinski definition) is 1. The minimum Gasteiger partial charge on any atom is -0.508 e. The van der Waals surface area contributed by atoms with Crippen LogP contribution in [0.15, 0.2) is 66.7 Å². The summed E-state index contributed by atoms with van der Waals surface area (Å²) >= 11 is 0. The van der Waals surface area contributed by atoms with Crippen LogP contribution in [0.2, 0.25) is 0 Å². The smallest absolute Gasteiger partial charge is 0.119 e. The third kappa shape index (κ3) is 3.51. The quantitative estimate of drug-likeness (QED) is 0.742. The molecule has 0 atom stereocenters. The van der Waals surface area contributed by atoms with Gasteiger partial charge in [0, 0.05) is 0 Å². The maximum atomic E-state index is 9.53. The molecular weight excluding hydrogens is 300 g/mol. The summed E-state index contributed by atoms with van der Waals surface area (Å²) in [6.45, 7) is 0. The van der Waals surface area contributed by atoms with E-state index in [9.17, 15) is 5.11 Å². The van der Waals surface area contributed by atoms with Gasteiger partial charge in [0.2, 0.25) is 0 Å². The van der Waals surface area contributed by atoms with E-state index < -0.39 is 0 Å². The standard InChI is InChI=1S/C21H20O3/c1-23-19-5-3-4-15(13-19)12-17-8-11-20(24-2)14-21(17)16-6-9-18(22)10-7-16/h3-11,13-14,22H,12H2,1-2H3. The van der Waals surface area contributed by atoms with E-state index in [4.69, 9.17) is 9.47 Å². The lowest BCUT2D eigenvalue weighted by Crippen LogP contribution is -1.95. The van der Waals surface area contributed by atoms with Crippen molar-refractivity contribution in [2.75, 3.05) is 14.2 Å². The Morgan fingerprint density at radius 2 is 1.50 bits per heavy atom. The normalized spacial score (nSPS) is 10.4. The maximum absolute atomic E-state index is 9.53. The summed E-state index contributed by atoms with van der Waals surface area (Å²) in [6.07, 6.45) is 0.789. The predicted molar refractivity (Wildman–Crippen MR) is 95.9 cm³/mol. The lowest BCUT2D eigenvalue weighted by molar-refractivity contribution is 0.414. The first kappa shape index (κ1) is 15.9. The summed E-state index contributed by atoms with van der Waals surface area (Å²) in [4.78, 5) is 0. The molecule has 24 heavy (non-hydrogen) atoms. The van der Waals surface area contributed by atoms with Crippen LogP contribution in [-0.4, -0.2) is 19.3 Å². The largest absolute Gasteiger partial charge is 0.508 e. The number of ether oxygens (including phenoxy) is 2. The number of aromatic hydroxyl groups is 1. The highest BCUT2D eigenvalue weighted by molar-refractivity contribution is 5.70. The molecule has 1 N–H and O–H groups in total. The van der Waals surface area contributed by atoms with Gasteiger partial charge in [-0.25, -0.2) is 0 Å². The summed E-state index contributed by atoms with van der Waals surface area (Å²) in [5.41, 5.74) is 4.51. The van der Waals surface area contributed by atoms with Crippen molar-refractivity contribution in [2.24, 2.45) is 0 Å². The van der Waals surface area contributed by atoms with Gasteiger partial charge in [-0.05, 0) is 65.1 Å². The number of benzene rings is 3. The third-order valence-electron chi connectivity index (χ3n) is 4.02. The molecule has 0 aromatic heterocycles. The zero-order valence-electron chi connectivity index (χ0n) is 13.8. The highest BCUT2D eigenvalue weighted by Crippen LogP contribution is 2.31. The summed E-state index contributed by atoms with van der Waals surface area (Å²) in [7, 11) is 3.34. The van der Waals surface area contributed by atoms with Crippen molar-refractivity contribution < 1.29 is 14.6 Å². The molecule has 0 fully saturated rings. The molecule has 3 nitrogen and oxygen atoms in total. The molecule has 3 rings (SSSR count). The molecule has 122 valence electrons. The second kappa shape index (κ2) is 7.09. The number of phenols is 1. The Labute approximate surface area is 142 Å². The molecule has 0 spiro atoms. The Morgan fingerprint density at radius 3 is 2.21 bits per heavy atom. The first-order valence-electron chi connectivity index (χ1n) is 7.79. The SMILES string of the molecule is COc1cccc(Cc2ccc(OC)cc2-c2ccc(O)cc2)c1. The Hall–Kier alpha value is -2.94. The van der Waals surface area contributed by atoms with Crippen molar-refractivity contribution in [3.05, 3.63) is 77.9 Å². The minimum absolute atomic E-state index is 0.260. The minimum atomic E-state index is 0.260. The van der Waals surface area contributed by atoms with Gasteiger partial charge in [-0.3, -0.25) is 0 Å². The van der Waals surface area contributed by atoms with E-state index in [0.29, 0.717) is 0 Å². The first-order valence-corrected chi connectivity index (χ1v) is 7.79. The average Bonchev–Trinajstić information content (AvgIpc) is 2.63. The van der Waals surface area contributed by atoms with Crippen LogP contribution in [0.5, 0.6) is 17.2 Å². The zero-order chi connectivity index (χ0) is 16.9. The lowest BCUT2D eigenvalue weighted by Gasteiger charge is -2.13. The van der Waals surface area contributed by atoms with Crippen LogP contribution in [0.3, 0.4) is 0 Å². The van der Waals surface area contributed by atoms with Crippen molar-refractivity contribution in [3.63, 3.8) is 0 Å². The maximum Gasteiger partial charge on any atom is 0.119 e. The van der Waals surface area contributed by atoms with Crippen molar-refractivity contribution in [2.45, 2.75) is 6.42 Å². The second-order valence-electron chi connectivity index (χ2n) is 5.60. The van der Waals surface area contributed by atoms with Crippen molar-refractivity contribution in [3.8, 4) is 28.4 Å². The van der Waals surface area contributed by atoms with Gasteiger partial charge < -0.3 is 14.6 Å². The van der Waals surface area contributed by atoms with E-state index >= 15 is 0 Å². The van der Waals surface area contributed by atoms with E-state index in [1.807, 2.05) is 42.5 Å². The number of rotatable bonds is 5. The van der Waals surface area contributed by atoms with Crippen LogP contribution in [-0.2, 0) is 6.42 Å². The van der Waals surface area contributed by atoms with Crippen LogP contribution in [0.4, 0.5) is 0 Å². The molecule has 0 aliphatic heterocycles. The molecule has 0 amide bonds. The molecule has 3 aromatic carbocycles. The van der Waals surface area contributed by atoms with Crippen LogP contribution < -0.4 is 9.47 Å². The molecule has 0 radical (unpaired) electrons. The van der Waals surface area contributed by atoms with E-state index in [-0.39, 0.29) is 5.75 Å². The molecule has 3 heteroatoms. The summed E-state index contributed by atoms with van der Waals surface area (Å²) in [6, 6.07) is 21.4. The average molecular weight is 320 g/mol. The molecule has 0 saturated carbocycles. The molecule has 0 aliphatic rings. The van der Waals surface area contributed by atoms with E-state index in [1.54, 1.807) is 26.4 Å². The number of phenolic OH excluding ortho intramolecular Hbond substituents is 1. The van der Waals surface area contributed by atoms with E-state index in [0.717, 1.165) is 29.0 Å². The molecule has 0 heterocycles. The van der Waals surface area contributed by atoms with Gasteiger partial charge in [-0.1, -0.05) is 30.3 Å². The molecule has 0 unspecified atom stereocenters. The van der Waals surface area contributed by atoms with E-state index in [1.165, 1.54) is 11.1 Å². The Kier molecular flexibility index (Phi) is 4.71. The fraction of sp³-hybridized carbons (Fsp3) is 0.143. The first-order chi connectivity index (χ1) is 11.7. The van der Waals surface area contributed by atoms with Gasteiger partial charge in [0.25, 0.3) is 0 Å². The molecule has 0 aliphatic carbocycles.